The number of thiazole rings is 1. The molecule has 4 heteroatoms. The van der Waals surface area contributed by atoms with Crippen molar-refractivity contribution in [3.63, 3.8) is 0 Å². The number of benzene rings is 1. The van der Waals surface area contributed by atoms with E-state index >= 15 is 0 Å². The SMILES string of the molecule is CC(C)NCC(Cc1cscn1)c1ccccc1Br. The van der Waals surface area contributed by atoms with Gasteiger partial charge >= 0.3 is 0 Å². The zero-order chi connectivity index (χ0) is 13.7. The molecule has 0 spiro atoms. The Morgan fingerprint density at radius 1 is 1.32 bits per heavy atom. The van der Waals surface area contributed by atoms with Gasteiger partial charge in [-0.15, -0.1) is 11.3 Å². The smallest absolute Gasteiger partial charge is 0.0794 e. The highest BCUT2D eigenvalue weighted by Gasteiger charge is 2.16. The minimum Gasteiger partial charge on any atom is -0.314 e. The van der Waals surface area contributed by atoms with Gasteiger partial charge in [0.25, 0.3) is 0 Å². The third-order valence-electron chi connectivity index (χ3n) is 3.06. The molecule has 1 N–H and O–H groups in total. The van der Waals surface area contributed by atoms with E-state index in [0.29, 0.717) is 12.0 Å². The van der Waals surface area contributed by atoms with Crippen LogP contribution in [-0.4, -0.2) is 17.6 Å². The Labute approximate surface area is 127 Å². The molecule has 0 radical (unpaired) electrons. The quantitative estimate of drug-likeness (QED) is 0.852. The molecule has 0 aliphatic carbocycles. The molecule has 2 nitrogen and oxygen atoms in total. The lowest BCUT2D eigenvalue weighted by molar-refractivity contribution is 0.523. The molecular weight excluding hydrogens is 320 g/mol. The van der Waals surface area contributed by atoms with Gasteiger partial charge in [0.1, 0.15) is 0 Å². The van der Waals surface area contributed by atoms with E-state index in [2.05, 4.69) is 69.7 Å². The van der Waals surface area contributed by atoms with E-state index in [1.165, 1.54) is 15.7 Å². The zero-order valence-electron chi connectivity index (χ0n) is 11.3. The number of hydrogen-bond acceptors (Lipinski definition) is 3. The summed E-state index contributed by atoms with van der Waals surface area (Å²) in [5.74, 6) is 0.445. The molecule has 0 bridgehead atoms. The summed E-state index contributed by atoms with van der Waals surface area (Å²) in [7, 11) is 0. The minimum absolute atomic E-state index is 0.445. The molecule has 2 rings (SSSR count). The van der Waals surface area contributed by atoms with Crippen LogP contribution in [0.4, 0.5) is 0 Å². The molecule has 1 aromatic carbocycles. The van der Waals surface area contributed by atoms with Gasteiger partial charge in [-0.3, -0.25) is 0 Å². The molecule has 0 fully saturated rings. The minimum atomic E-state index is 0.445. The molecule has 0 saturated carbocycles. The van der Waals surface area contributed by atoms with Crippen LogP contribution >= 0.6 is 27.3 Å². The molecule has 1 heterocycles. The van der Waals surface area contributed by atoms with Crippen molar-refractivity contribution in [2.75, 3.05) is 6.54 Å². The summed E-state index contributed by atoms with van der Waals surface area (Å²) in [6.45, 7) is 5.33. The molecule has 0 amide bonds. The van der Waals surface area contributed by atoms with Crippen LogP contribution in [0.1, 0.15) is 31.0 Å². The Morgan fingerprint density at radius 3 is 2.74 bits per heavy atom. The molecule has 0 aliphatic rings. The second-order valence-electron chi connectivity index (χ2n) is 4.97. The van der Waals surface area contributed by atoms with E-state index in [0.717, 1.165) is 13.0 Å². The summed E-state index contributed by atoms with van der Waals surface area (Å²) < 4.78 is 1.18. The lowest BCUT2D eigenvalue weighted by Crippen LogP contribution is -2.29. The molecule has 102 valence electrons. The molecule has 1 aromatic heterocycles. The average molecular weight is 339 g/mol. The number of halogens is 1. The Kier molecular flexibility index (Phi) is 5.55. The molecule has 0 aliphatic heterocycles. The van der Waals surface area contributed by atoms with Gasteiger partial charge in [-0.2, -0.15) is 0 Å². The van der Waals surface area contributed by atoms with Crippen molar-refractivity contribution in [2.45, 2.75) is 32.2 Å². The van der Waals surface area contributed by atoms with Crippen molar-refractivity contribution in [2.24, 2.45) is 0 Å². The fourth-order valence-electron chi connectivity index (χ4n) is 2.07. The van der Waals surface area contributed by atoms with Gasteiger partial charge < -0.3 is 5.32 Å². The molecule has 2 aromatic rings. The summed E-state index contributed by atoms with van der Waals surface area (Å²) in [5, 5.41) is 5.68. The Morgan fingerprint density at radius 2 is 2.11 bits per heavy atom. The van der Waals surface area contributed by atoms with Crippen LogP contribution in [0, 0.1) is 0 Å². The second kappa shape index (κ2) is 7.17. The topological polar surface area (TPSA) is 24.9 Å². The van der Waals surface area contributed by atoms with Crippen LogP contribution < -0.4 is 5.32 Å². The molecular formula is C15H19BrN2S. The predicted molar refractivity (Wildman–Crippen MR) is 85.8 cm³/mol. The van der Waals surface area contributed by atoms with Crippen LogP contribution in [0.15, 0.2) is 39.6 Å². The van der Waals surface area contributed by atoms with Crippen molar-refractivity contribution in [1.82, 2.24) is 10.3 Å². The number of nitrogens with one attached hydrogen (secondary N) is 1. The van der Waals surface area contributed by atoms with E-state index in [9.17, 15) is 0 Å². The maximum atomic E-state index is 4.41. The first-order chi connectivity index (χ1) is 9.16. The number of nitrogens with zero attached hydrogens (tertiary/aromatic N) is 1. The van der Waals surface area contributed by atoms with Crippen molar-refractivity contribution in [3.05, 3.63) is 50.9 Å². The highest BCUT2D eigenvalue weighted by atomic mass is 79.9. The summed E-state index contributed by atoms with van der Waals surface area (Å²) >= 11 is 5.32. The van der Waals surface area contributed by atoms with Crippen molar-refractivity contribution in [1.29, 1.82) is 0 Å². The Balaban J connectivity index is 2.16. The lowest BCUT2D eigenvalue weighted by atomic mass is 9.94. The molecule has 1 unspecified atom stereocenters. The van der Waals surface area contributed by atoms with E-state index < -0.39 is 0 Å². The first-order valence-corrected chi connectivity index (χ1v) is 8.25. The lowest BCUT2D eigenvalue weighted by Gasteiger charge is -2.20. The summed E-state index contributed by atoms with van der Waals surface area (Å²) in [6.07, 6.45) is 0.978. The van der Waals surface area contributed by atoms with Crippen LogP contribution in [0.25, 0.3) is 0 Å². The fraction of sp³-hybridized carbons (Fsp3) is 0.400. The average Bonchev–Trinajstić information content (AvgIpc) is 2.88. The van der Waals surface area contributed by atoms with Crippen LogP contribution in [0.3, 0.4) is 0 Å². The van der Waals surface area contributed by atoms with Gasteiger partial charge in [0.15, 0.2) is 0 Å². The third kappa shape index (κ3) is 4.41. The van der Waals surface area contributed by atoms with Crippen LogP contribution in [0.2, 0.25) is 0 Å². The van der Waals surface area contributed by atoms with E-state index in [1.54, 1.807) is 11.3 Å². The standard InChI is InChI=1S/C15H19BrN2S/c1-11(2)17-8-12(7-13-9-19-10-18-13)14-5-3-4-6-15(14)16/h3-6,9-12,17H,7-8H2,1-2H3. The molecule has 19 heavy (non-hydrogen) atoms. The van der Waals surface area contributed by atoms with Crippen molar-refractivity contribution >= 4 is 27.3 Å². The van der Waals surface area contributed by atoms with Crippen LogP contribution in [0.5, 0.6) is 0 Å². The predicted octanol–water partition coefficient (Wildman–Crippen LogP) is 4.23. The molecule has 1 atom stereocenters. The maximum Gasteiger partial charge on any atom is 0.0794 e. The van der Waals surface area contributed by atoms with Gasteiger partial charge in [0.2, 0.25) is 0 Å². The summed E-state index contributed by atoms with van der Waals surface area (Å²) in [5.41, 5.74) is 4.43. The number of rotatable bonds is 6. The number of aromatic nitrogens is 1. The van der Waals surface area contributed by atoms with Gasteiger partial charge in [0.05, 0.1) is 11.2 Å². The van der Waals surface area contributed by atoms with E-state index in [4.69, 9.17) is 0 Å². The van der Waals surface area contributed by atoms with Gasteiger partial charge in [-0.1, -0.05) is 48.0 Å². The van der Waals surface area contributed by atoms with Crippen molar-refractivity contribution in [3.8, 4) is 0 Å². The van der Waals surface area contributed by atoms with E-state index in [1.807, 2.05) is 5.51 Å². The largest absolute Gasteiger partial charge is 0.314 e. The van der Waals surface area contributed by atoms with Gasteiger partial charge in [0, 0.05) is 28.4 Å². The number of hydrogen-bond donors (Lipinski definition) is 1. The summed E-state index contributed by atoms with van der Waals surface area (Å²) in [6, 6.07) is 8.97. The second-order valence-corrected chi connectivity index (χ2v) is 6.54. The maximum absolute atomic E-state index is 4.41. The first kappa shape index (κ1) is 14.7. The highest BCUT2D eigenvalue weighted by Crippen LogP contribution is 2.27. The Hall–Kier alpha value is -0.710. The summed E-state index contributed by atoms with van der Waals surface area (Å²) in [4.78, 5) is 4.41. The Bertz CT molecular complexity index is 497. The first-order valence-electron chi connectivity index (χ1n) is 6.51. The fourth-order valence-corrected chi connectivity index (χ4v) is 3.25. The van der Waals surface area contributed by atoms with Gasteiger partial charge in [-0.05, 0) is 18.1 Å². The van der Waals surface area contributed by atoms with E-state index in [-0.39, 0.29) is 0 Å². The van der Waals surface area contributed by atoms with Crippen molar-refractivity contribution < 1.29 is 0 Å². The van der Waals surface area contributed by atoms with Crippen LogP contribution in [-0.2, 0) is 6.42 Å². The molecule has 0 saturated heterocycles. The normalized spacial score (nSPS) is 12.8. The monoisotopic (exact) mass is 338 g/mol. The van der Waals surface area contributed by atoms with Gasteiger partial charge in [-0.25, -0.2) is 4.98 Å². The third-order valence-corrected chi connectivity index (χ3v) is 4.41. The zero-order valence-corrected chi connectivity index (χ0v) is 13.7. The highest BCUT2D eigenvalue weighted by molar-refractivity contribution is 9.10.